The Bertz CT molecular complexity index is 831. The van der Waals surface area contributed by atoms with Gasteiger partial charge in [0.05, 0.1) is 5.25 Å². The molecular weight excluding hydrogens is 322 g/mol. The van der Waals surface area contributed by atoms with Gasteiger partial charge >= 0.3 is 0 Å². The summed E-state index contributed by atoms with van der Waals surface area (Å²) in [6.07, 6.45) is 0. The molecule has 1 nitrogen and oxygen atoms in total. The lowest BCUT2D eigenvalue weighted by Gasteiger charge is -2.32. The van der Waals surface area contributed by atoms with Crippen molar-refractivity contribution in [2.75, 3.05) is 4.90 Å². The van der Waals surface area contributed by atoms with Gasteiger partial charge in [-0.1, -0.05) is 78.9 Å². The molecule has 0 aromatic heterocycles. The Balaban J connectivity index is 1.79. The van der Waals surface area contributed by atoms with E-state index in [2.05, 4.69) is 115 Å². The standard InChI is InChI=1S/C23H23NS/c1-17-11-9-10-16-21(17)24-18(2)22(19-12-5-3-6-13-19)25-23(24)20-14-7-4-8-15-20/h3-16,18,22-23H,1-2H3/t18-,22?,23?/m0/s1. The average Bonchev–Trinajstić information content (AvgIpc) is 3.01. The van der Waals surface area contributed by atoms with E-state index in [1.165, 1.54) is 22.4 Å². The second-order valence-electron chi connectivity index (χ2n) is 6.66. The van der Waals surface area contributed by atoms with Crippen molar-refractivity contribution in [2.45, 2.75) is 30.5 Å². The number of hydrogen-bond donors (Lipinski definition) is 0. The summed E-state index contributed by atoms with van der Waals surface area (Å²) in [5.74, 6) is 0. The van der Waals surface area contributed by atoms with Crippen LogP contribution in [0.1, 0.15) is 34.2 Å². The molecule has 25 heavy (non-hydrogen) atoms. The van der Waals surface area contributed by atoms with Crippen molar-refractivity contribution in [3.05, 3.63) is 102 Å². The first kappa shape index (κ1) is 16.3. The first-order chi connectivity index (χ1) is 12.3. The zero-order valence-corrected chi connectivity index (χ0v) is 15.5. The van der Waals surface area contributed by atoms with Gasteiger partial charge in [0, 0.05) is 11.7 Å². The Kier molecular flexibility index (Phi) is 4.54. The number of benzene rings is 3. The lowest BCUT2D eigenvalue weighted by atomic mass is 10.0. The average molecular weight is 346 g/mol. The Hall–Kier alpha value is -2.19. The van der Waals surface area contributed by atoms with Crippen molar-refractivity contribution >= 4 is 17.4 Å². The number of hydrogen-bond acceptors (Lipinski definition) is 2. The van der Waals surface area contributed by atoms with Gasteiger partial charge in [0.15, 0.2) is 0 Å². The van der Waals surface area contributed by atoms with Gasteiger partial charge in [0.1, 0.15) is 5.37 Å². The molecule has 0 bridgehead atoms. The number of aryl methyl sites for hydroxylation is 1. The molecule has 0 spiro atoms. The predicted octanol–water partition coefficient (Wildman–Crippen LogP) is 6.38. The second kappa shape index (κ2) is 6.97. The topological polar surface area (TPSA) is 3.24 Å². The normalized spacial score (nSPS) is 23.0. The molecule has 1 aliphatic rings. The number of anilines is 1. The predicted molar refractivity (Wildman–Crippen MR) is 109 cm³/mol. The van der Waals surface area contributed by atoms with Gasteiger partial charge in [-0.25, -0.2) is 0 Å². The van der Waals surface area contributed by atoms with E-state index in [-0.39, 0.29) is 0 Å². The monoisotopic (exact) mass is 345 g/mol. The second-order valence-corrected chi connectivity index (χ2v) is 7.89. The number of nitrogens with zero attached hydrogens (tertiary/aromatic N) is 1. The summed E-state index contributed by atoms with van der Waals surface area (Å²) in [5, 5.41) is 0.800. The number of para-hydroxylation sites is 1. The van der Waals surface area contributed by atoms with Crippen LogP contribution in [-0.2, 0) is 0 Å². The van der Waals surface area contributed by atoms with E-state index in [9.17, 15) is 0 Å². The minimum atomic E-state index is 0.336. The minimum Gasteiger partial charge on any atom is -0.351 e. The van der Waals surface area contributed by atoms with Crippen LogP contribution in [0.2, 0.25) is 0 Å². The van der Waals surface area contributed by atoms with Crippen LogP contribution in [0.5, 0.6) is 0 Å². The van der Waals surface area contributed by atoms with Gasteiger partial charge in [-0.3, -0.25) is 0 Å². The van der Waals surface area contributed by atoms with Gasteiger partial charge in [-0.2, -0.15) is 0 Å². The van der Waals surface area contributed by atoms with E-state index >= 15 is 0 Å². The Labute approximate surface area is 154 Å². The number of rotatable bonds is 3. The lowest BCUT2D eigenvalue weighted by molar-refractivity contribution is 0.651. The summed E-state index contributed by atoms with van der Waals surface area (Å²) in [6, 6.07) is 31.0. The third-order valence-electron chi connectivity index (χ3n) is 5.01. The van der Waals surface area contributed by atoms with E-state index in [0.29, 0.717) is 16.7 Å². The van der Waals surface area contributed by atoms with Crippen LogP contribution < -0.4 is 4.90 Å². The zero-order chi connectivity index (χ0) is 17.2. The molecule has 1 aliphatic heterocycles. The van der Waals surface area contributed by atoms with Gasteiger partial charge < -0.3 is 4.90 Å². The van der Waals surface area contributed by atoms with Crippen molar-refractivity contribution in [1.82, 2.24) is 0 Å². The lowest BCUT2D eigenvalue weighted by Crippen LogP contribution is -2.31. The first-order valence-corrected chi connectivity index (χ1v) is 9.79. The molecule has 4 rings (SSSR count). The molecule has 0 aliphatic carbocycles. The van der Waals surface area contributed by atoms with Crippen LogP contribution in [0.15, 0.2) is 84.9 Å². The maximum atomic E-state index is 2.60. The minimum absolute atomic E-state index is 0.336. The largest absolute Gasteiger partial charge is 0.351 e. The van der Waals surface area contributed by atoms with Crippen LogP contribution in [-0.4, -0.2) is 6.04 Å². The Morgan fingerprint density at radius 1 is 0.720 bits per heavy atom. The molecule has 3 aromatic rings. The first-order valence-electron chi connectivity index (χ1n) is 8.85. The molecule has 126 valence electrons. The molecule has 0 N–H and O–H groups in total. The fourth-order valence-electron chi connectivity index (χ4n) is 3.73. The highest BCUT2D eigenvalue weighted by atomic mass is 32.2. The molecule has 1 saturated heterocycles. The molecule has 0 radical (unpaired) electrons. The summed E-state index contributed by atoms with van der Waals surface area (Å²) < 4.78 is 0. The molecule has 3 atom stereocenters. The van der Waals surface area contributed by atoms with Crippen LogP contribution in [0, 0.1) is 6.92 Å². The highest BCUT2D eigenvalue weighted by Crippen LogP contribution is 2.55. The van der Waals surface area contributed by atoms with Gasteiger partial charge in [0.25, 0.3) is 0 Å². The molecular formula is C23H23NS. The molecule has 0 saturated carbocycles. The maximum absolute atomic E-state index is 2.60. The van der Waals surface area contributed by atoms with E-state index in [1.807, 2.05) is 0 Å². The molecule has 3 aromatic carbocycles. The highest BCUT2D eigenvalue weighted by Gasteiger charge is 2.41. The van der Waals surface area contributed by atoms with Gasteiger partial charge in [-0.15, -0.1) is 11.8 Å². The van der Waals surface area contributed by atoms with Crippen molar-refractivity contribution in [2.24, 2.45) is 0 Å². The van der Waals surface area contributed by atoms with Crippen molar-refractivity contribution < 1.29 is 0 Å². The summed E-state index contributed by atoms with van der Waals surface area (Å²) in [7, 11) is 0. The van der Waals surface area contributed by atoms with E-state index < -0.39 is 0 Å². The van der Waals surface area contributed by atoms with Gasteiger partial charge in [-0.05, 0) is 36.6 Å². The molecule has 1 heterocycles. The smallest absolute Gasteiger partial charge is 0.101 e. The van der Waals surface area contributed by atoms with Crippen LogP contribution in [0.3, 0.4) is 0 Å². The van der Waals surface area contributed by atoms with Crippen molar-refractivity contribution in [3.8, 4) is 0 Å². The van der Waals surface area contributed by atoms with Crippen LogP contribution >= 0.6 is 11.8 Å². The molecule has 2 heteroatoms. The van der Waals surface area contributed by atoms with E-state index in [1.54, 1.807) is 0 Å². The maximum Gasteiger partial charge on any atom is 0.101 e. The SMILES string of the molecule is Cc1ccccc1N1C(c2ccccc2)SC(c2ccccc2)[C@@H]1C. The fraction of sp³-hybridized carbons (Fsp3) is 0.217. The summed E-state index contributed by atoms with van der Waals surface area (Å²) in [5.41, 5.74) is 5.47. The van der Waals surface area contributed by atoms with E-state index in [0.717, 1.165) is 0 Å². The van der Waals surface area contributed by atoms with E-state index in [4.69, 9.17) is 0 Å². The summed E-state index contributed by atoms with van der Waals surface area (Å²) in [6.45, 7) is 4.57. The summed E-state index contributed by atoms with van der Waals surface area (Å²) >= 11 is 2.06. The summed E-state index contributed by atoms with van der Waals surface area (Å²) in [4.78, 5) is 2.60. The zero-order valence-electron chi connectivity index (χ0n) is 14.7. The van der Waals surface area contributed by atoms with Crippen LogP contribution in [0.25, 0.3) is 0 Å². The Morgan fingerprint density at radius 3 is 1.92 bits per heavy atom. The fourth-order valence-corrected chi connectivity index (χ4v) is 5.43. The van der Waals surface area contributed by atoms with Crippen molar-refractivity contribution in [1.29, 1.82) is 0 Å². The Morgan fingerprint density at radius 2 is 1.28 bits per heavy atom. The molecule has 2 unspecified atom stereocenters. The number of thioether (sulfide) groups is 1. The third kappa shape index (κ3) is 3.07. The highest BCUT2D eigenvalue weighted by molar-refractivity contribution is 8.00. The molecule has 0 amide bonds. The molecule has 1 fully saturated rings. The van der Waals surface area contributed by atoms with Crippen LogP contribution in [0.4, 0.5) is 5.69 Å². The third-order valence-corrected chi connectivity index (χ3v) is 6.73. The quantitative estimate of drug-likeness (QED) is 0.542. The van der Waals surface area contributed by atoms with Gasteiger partial charge in [0.2, 0.25) is 0 Å². The van der Waals surface area contributed by atoms with Crippen molar-refractivity contribution in [3.63, 3.8) is 0 Å².